The van der Waals surface area contributed by atoms with Crippen LogP contribution in [0.3, 0.4) is 0 Å². The van der Waals surface area contributed by atoms with Gasteiger partial charge in [0.1, 0.15) is 6.61 Å². The second-order valence-corrected chi connectivity index (χ2v) is 3.45. The molecule has 0 N–H and O–H groups in total. The molecule has 1 aromatic carbocycles. The summed E-state index contributed by atoms with van der Waals surface area (Å²) in [5.74, 6) is 0.172. The van der Waals surface area contributed by atoms with Crippen LogP contribution in [0.15, 0.2) is 24.3 Å². The highest BCUT2D eigenvalue weighted by Gasteiger charge is 2.26. The molecule has 1 unspecified atom stereocenters. The molecule has 0 spiro atoms. The molecule has 0 aliphatic carbocycles. The largest absolute Gasteiger partial charge is 0.373 e. The van der Waals surface area contributed by atoms with E-state index in [1.807, 2.05) is 25.1 Å². The third-order valence-electron chi connectivity index (χ3n) is 2.36. The van der Waals surface area contributed by atoms with Gasteiger partial charge in [0, 0.05) is 0 Å². The van der Waals surface area contributed by atoms with Gasteiger partial charge in [0.05, 0.1) is 12.5 Å². The van der Waals surface area contributed by atoms with Crippen LogP contribution in [-0.4, -0.2) is 19.0 Å². The lowest BCUT2D eigenvalue weighted by molar-refractivity contribution is -0.118. The molecule has 1 saturated heterocycles. The number of carbonyl (C=O) groups is 1. The van der Waals surface area contributed by atoms with Gasteiger partial charge in [-0.25, -0.2) is 0 Å². The Balaban J connectivity index is 2.29. The molecule has 0 amide bonds. The van der Waals surface area contributed by atoms with Crippen LogP contribution in [0.4, 0.5) is 0 Å². The van der Waals surface area contributed by atoms with Gasteiger partial charge in [-0.15, -0.1) is 0 Å². The van der Waals surface area contributed by atoms with Crippen molar-refractivity contribution in [1.29, 1.82) is 0 Å². The summed E-state index contributed by atoms with van der Waals surface area (Å²) >= 11 is 0. The van der Waals surface area contributed by atoms with Gasteiger partial charge in [-0.05, 0) is 12.5 Å². The quantitative estimate of drug-likeness (QED) is 0.650. The predicted molar refractivity (Wildman–Crippen MR) is 49.7 cm³/mol. The fourth-order valence-corrected chi connectivity index (χ4v) is 1.64. The van der Waals surface area contributed by atoms with Crippen LogP contribution in [0.5, 0.6) is 0 Å². The number of ketones is 1. The molecule has 0 bridgehead atoms. The zero-order chi connectivity index (χ0) is 9.26. The van der Waals surface area contributed by atoms with Crippen molar-refractivity contribution in [2.24, 2.45) is 0 Å². The number of Topliss-reactive ketones (excluding diaryl/α,β-unsaturated/α-hetero) is 1. The summed E-state index contributed by atoms with van der Waals surface area (Å²) in [5, 5.41) is 0. The third-order valence-corrected chi connectivity index (χ3v) is 2.36. The number of benzene rings is 1. The van der Waals surface area contributed by atoms with E-state index in [-0.39, 0.29) is 18.3 Å². The maximum Gasteiger partial charge on any atom is 0.168 e. The van der Waals surface area contributed by atoms with Crippen molar-refractivity contribution >= 4 is 5.78 Å². The van der Waals surface area contributed by atoms with E-state index in [2.05, 4.69) is 6.07 Å². The van der Waals surface area contributed by atoms with Crippen LogP contribution in [0.2, 0.25) is 0 Å². The maximum absolute atomic E-state index is 11.4. The molecular weight excluding hydrogens is 164 g/mol. The second-order valence-electron chi connectivity index (χ2n) is 3.45. The Hall–Kier alpha value is -1.15. The Morgan fingerprint density at radius 2 is 2.31 bits per heavy atom. The van der Waals surface area contributed by atoms with Gasteiger partial charge >= 0.3 is 0 Å². The monoisotopic (exact) mass is 176 g/mol. The Kier molecular flexibility index (Phi) is 2.15. The lowest BCUT2D eigenvalue weighted by atomic mass is 9.96. The van der Waals surface area contributed by atoms with Gasteiger partial charge in [-0.2, -0.15) is 0 Å². The van der Waals surface area contributed by atoms with E-state index in [1.165, 1.54) is 5.56 Å². The van der Waals surface area contributed by atoms with Gasteiger partial charge in [0.2, 0.25) is 0 Å². The van der Waals surface area contributed by atoms with Gasteiger partial charge in [-0.3, -0.25) is 4.79 Å². The molecular formula is C11H12O2. The van der Waals surface area contributed by atoms with Gasteiger partial charge in [-0.1, -0.05) is 29.8 Å². The van der Waals surface area contributed by atoms with E-state index in [0.29, 0.717) is 6.61 Å². The molecule has 68 valence electrons. The first-order chi connectivity index (χ1) is 6.27. The highest BCUT2D eigenvalue weighted by atomic mass is 16.5. The van der Waals surface area contributed by atoms with Crippen molar-refractivity contribution in [1.82, 2.24) is 0 Å². The fraction of sp³-hybridized carbons (Fsp3) is 0.364. The minimum absolute atomic E-state index is 0.0279. The molecule has 0 aromatic heterocycles. The van der Waals surface area contributed by atoms with Gasteiger partial charge in [0.25, 0.3) is 0 Å². The smallest absolute Gasteiger partial charge is 0.168 e. The van der Waals surface area contributed by atoms with Crippen molar-refractivity contribution in [3.63, 3.8) is 0 Å². The molecule has 2 rings (SSSR count). The normalized spacial score (nSPS) is 22.2. The summed E-state index contributed by atoms with van der Waals surface area (Å²) in [4.78, 5) is 11.4. The number of carbonyl (C=O) groups excluding carboxylic acids is 1. The fourth-order valence-electron chi connectivity index (χ4n) is 1.64. The Bertz CT molecular complexity index is 331. The average molecular weight is 176 g/mol. The van der Waals surface area contributed by atoms with Crippen molar-refractivity contribution in [2.45, 2.75) is 12.8 Å². The highest BCUT2D eigenvalue weighted by molar-refractivity contribution is 5.88. The maximum atomic E-state index is 11.4. The first kappa shape index (κ1) is 8.45. The lowest BCUT2D eigenvalue weighted by Crippen LogP contribution is -2.08. The summed E-state index contributed by atoms with van der Waals surface area (Å²) < 4.78 is 5.11. The summed E-state index contributed by atoms with van der Waals surface area (Å²) in [7, 11) is 0. The molecule has 1 atom stereocenters. The molecule has 2 nitrogen and oxygen atoms in total. The molecule has 1 aliphatic heterocycles. The van der Waals surface area contributed by atoms with Gasteiger partial charge < -0.3 is 4.74 Å². The highest BCUT2D eigenvalue weighted by Crippen LogP contribution is 2.22. The van der Waals surface area contributed by atoms with Crippen LogP contribution in [0, 0.1) is 6.92 Å². The summed E-state index contributed by atoms with van der Waals surface area (Å²) in [5.41, 5.74) is 2.28. The molecule has 1 heterocycles. The van der Waals surface area contributed by atoms with Crippen molar-refractivity contribution in [3.05, 3.63) is 35.4 Å². The number of ether oxygens (including phenoxy) is 1. The van der Waals surface area contributed by atoms with Crippen LogP contribution >= 0.6 is 0 Å². The summed E-state index contributed by atoms with van der Waals surface area (Å²) in [6.45, 7) is 2.85. The van der Waals surface area contributed by atoms with Crippen LogP contribution in [0.1, 0.15) is 17.0 Å². The molecule has 0 saturated carbocycles. The Morgan fingerprint density at radius 3 is 2.92 bits per heavy atom. The number of hydrogen-bond acceptors (Lipinski definition) is 2. The lowest BCUT2D eigenvalue weighted by Gasteiger charge is -2.06. The van der Waals surface area contributed by atoms with E-state index >= 15 is 0 Å². The Labute approximate surface area is 77.5 Å². The predicted octanol–water partition coefficient (Wildman–Crippen LogP) is 1.68. The third kappa shape index (κ3) is 1.63. The van der Waals surface area contributed by atoms with E-state index in [4.69, 9.17) is 4.74 Å². The first-order valence-corrected chi connectivity index (χ1v) is 4.44. The van der Waals surface area contributed by atoms with E-state index in [1.54, 1.807) is 0 Å². The second kappa shape index (κ2) is 3.30. The number of hydrogen-bond donors (Lipinski definition) is 0. The van der Waals surface area contributed by atoms with Crippen molar-refractivity contribution in [3.8, 4) is 0 Å². The molecule has 1 aromatic rings. The topological polar surface area (TPSA) is 26.3 Å². The number of aryl methyl sites for hydroxylation is 1. The van der Waals surface area contributed by atoms with Crippen LogP contribution in [0.25, 0.3) is 0 Å². The minimum atomic E-state index is -0.0279. The minimum Gasteiger partial charge on any atom is -0.373 e. The van der Waals surface area contributed by atoms with E-state index < -0.39 is 0 Å². The molecule has 1 fully saturated rings. The van der Waals surface area contributed by atoms with Crippen LogP contribution in [-0.2, 0) is 9.53 Å². The number of rotatable bonds is 1. The molecule has 2 heteroatoms. The van der Waals surface area contributed by atoms with Gasteiger partial charge in [0.15, 0.2) is 5.78 Å². The van der Waals surface area contributed by atoms with Crippen LogP contribution < -0.4 is 0 Å². The standard InChI is InChI=1S/C11H12O2/c1-8-3-2-4-9(5-8)10-6-13-7-11(10)12/h2-5,10H,6-7H2,1H3. The van der Waals surface area contributed by atoms with E-state index in [0.717, 1.165) is 5.56 Å². The van der Waals surface area contributed by atoms with Crippen molar-refractivity contribution in [2.75, 3.05) is 13.2 Å². The first-order valence-electron chi connectivity index (χ1n) is 4.44. The average Bonchev–Trinajstić information content (AvgIpc) is 2.51. The Morgan fingerprint density at radius 1 is 1.46 bits per heavy atom. The SMILES string of the molecule is Cc1cccc(C2COCC2=O)c1. The molecule has 1 aliphatic rings. The zero-order valence-corrected chi connectivity index (χ0v) is 7.62. The summed E-state index contributed by atoms with van der Waals surface area (Å²) in [6.07, 6.45) is 0. The summed E-state index contributed by atoms with van der Waals surface area (Å²) in [6, 6.07) is 8.06. The molecule has 13 heavy (non-hydrogen) atoms. The zero-order valence-electron chi connectivity index (χ0n) is 7.62. The van der Waals surface area contributed by atoms with E-state index in [9.17, 15) is 4.79 Å². The molecule has 0 radical (unpaired) electrons. The van der Waals surface area contributed by atoms with Crippen molar-refractivity contribution < 1.29 is 9.53 Å².